The van der Waals surface area contributed by atoms with Crippen molar-refractivity contribution in [3.63, 3.8) is 0 Å². The largest absolute Gasteiger partial charge is 0.481 e. The third-order valence-corrected chi connectivity index (χ3v) is 2.65. The first kappa shape index (κ1) is 13.8. The second-order valence-corrected chi connectivity index (χ2v) is 3.74. The van der Waals surface area contributed by atoms with Crippen molar-refractivity contribution in [2.24, 2.45) is 11.8 Å². The number of hydrogen-bond acceptors (Lipinski definition) is 3. The molecule has 0 aliphatic heterocycles. The molecule has 0 rings (SSSR count). The van der Waals surface area contributed by atoms with Gasteiger partial charge in [-0.05, 0) is 26.3 Å². The Labute approximate surface area is 89.6 Å². The van der Waals surface area contributed by atoms with Gasteiger partial charge in [0.2, 0.25) is 0 Å². The maximum absolute atomic E-state index is 11.6. The predicted octanol–water partition coefficient (Wildman–Crippen LogP) is 1.24. The molecule has 4 heteroatoms. The molecule has 0 bridgehead atoms. The smallest absolute Gasteiger partial charge is 0.308 e. The van der Waals surface area contributed by atoms with Crippen molar-refractivity contribution in [3.05, 3.63) is 11.6 Å². The SMILES string of the molecule is C/C=C(\C)C(=O)[C@@H](C)[C@H](O)[C@@H](C)C(=O)O. The van der Waals surface area contributed by atoms with Crippen molar-refractivity contribution in [2.75, 3.05) is 0 Å². The van der Waals surface area contributed by atoms with Gasteiger partial charge in [-0.15, -0.1) is 0 Å². The molecule has 86 valence electrons. The molecule has 0 radical (unpaired) electrons. The van der Waals surface area contributed by atoms with E-state index in [9.17, 15) is 14.7 Å². The highest BCUT2D eigenvalue weighted by molar-refractivity contribution is 5.97. The summed E-state index contributed by atoms with van der Waals surface area (Å²) in [7, 11) is 0. The van der Waals surface area contributed by atoms with Crippen LogP contribution in [0.5, 0.6) is 0 Å². The number of aliphatic hydroxyl groups excluding tert-OH is 1. The van der Waals surface area contributed by atoms with Crippen LogP contribution in [0.1, 0.15) is 27.7 Å². The number of carbonyl (C=O) groups excluding carboxylic acids is 1. The average Bonchev–Trinajstić information content (AvgIpc) is 2.23. The minimum Gasteiger partial charge on any atom is -0.481 e. The summed E-state index contributed by atoms with van der Waals surface area (Å²) < 4.78 is 0. The Morgan fingerprint density at radius 1 is 1.20 bits per heavy atom. The molecule has 0 aromatic carbocycles. The Kier molecular flexibility index (Phi) is 5.22. The number of carboxylic acids is 1. The fourth-order valence-electron chi connectivity index (χ4n) is 1.24. The molecule has 2 N–H and O–H groups in total. The zero-order valence-electron chi connectivity index (χ0n) is 9.52. The number of ketones is 1. The lowest BCUT2D eigenvalue weighted by atomic mass is 9.88. The van der Waals surface area contributed by atoms with E-state index < -0.39 is 23.9 Å². The summed E-state index contributed by atoms with van der Waals surface area (Å²) in [4.78, 5) is 22.2. The van der Waals surface area contributed by atoms with Gasteiger partial charge in [-0.1, -0.05) is 13.0 Å². The van der Waals surface area contributed by atoms with E-state index in [0.717, 1.165) is 0 Å². The molecule has 3 atom stereocenters. The summed E-state index contributed by atoms with van der Waals surface area (Å²) in [5.74, 6) is -2.93. The third kappa shape index (κ3) is 3.47. The van der Waals surface area contributed by atoms with Gasteiger partial charge in [0.25, 0.3) is 0 Å². The molecule has 0 aromatic heterocycles. The zero-order chi connectivity index (χ0) is 12.2. The van der Waals surface area contributed by atoms with E-state index >= 15 is 0 Å². The summed E-state index contributed by atoms with van der Waals surface area (Å²) in [6.45, 7) is 6.31. The quantitative estimate of drug-likeness (QED) is 0.675. The summed E-state index contributed by atoms with van der Waals surface area (Å²) >= 11 is 0. The van der Waals surface area contributed by atoms with E-state index in [-0.39, 0.29) is 5.78 Å². The average molecular weight is 214 g/mol. The van der Waals surface area contributed by atoms with Gasteiger partial charge in [-0.25, -0.2) is 0 Å². The lowest BCUT2D eigenvalue weighted by Crippen LogP contribution is -2.35. The second kappa shape index (κ2) is 5.66. The van der Waals surface area contributed by atoms with E-state index in [4.69, 9.17) is 5.11 Å². The molecule has 0 unspecified atom stereocenters. The molecular formula is C11H18O4. The van der Waals surface area contributed by atoms with Gasteiger partial charge in [-0.3, -0.25) is 9.59 Å². The van der Waals surface area contributed by atoms with E-state index in [1.165, 1.54) is 6.92 Å². The van der Waals surface area contributed by atoms with Gasteiger partial charge in [0.05, 0.1) is 12.0 Å². The molecular weight excluding hydrogens is 196 g/mol. The Hall–Kier alpha value is -1.16. The molecule has 0 aliphatic rings. The molecule has 0 saturated heterocycles. The molecule has 0 saturated carbocycles. The molecule has 0 heterocycles. The molecule has 0 aliphatic carbocycles. The van der Waals surface area contributed by atoms with Crippen LogP contribution in [0.25, 0.3) is 0 Å². The van der Waals surface area contributed by atoms with Gasteiger partial charge >= 0.3 is 5.97 Å². The highest BCUT2D eigenvalue weighted by Crippen LogP contribution is 2.17. The Bertz CT molecular complexity index is 280. The van der Waals surface area contributed by atoms with Crippen LogP contribution >= 0.6 is 0 Å². The van der Waals surface area contributed by atoms with Crippen molar-refractivity contribution in [1.29, 1.82) is 0 Å². The van der Waals surface area contributed by atoms with Crippen molar-refractivity contribution < 1.29 is 19.8 Å². The zero-order valence-corrected chi connectivity index (χ0v) is 9.52. The summed E-state index contributed by atoms with van der Waals surface area (Å²) in [5, 5.41) is 18.3. The monoisotopic (exact) mass is 214 g/mol. The summed E-state index contributed by atoms with van der Waals surface area (Å²) in [5.41, 5.74) is 0.541. The van der Waals surface area contributed by atoms with Gasteiger partial charge in [0.15, 0.2) is 5.78 Å². The van der Waals surface area contributed by atoms with Gasteiger partial charge in [0, 0.05) is 5.92 Å². The molecule has 0 fully saturated rings. The van der Waals surface area contributed by atoms with Crippen LogP contribution in [0.4, 0.5) is 0 Å². The standard InChI is InChI=1S/C11H18O4/c1-5-6(2)9(12)7(3)10(13)8(4)11(14)15/h5,7-8,10,13H,1-4H3,(H,14,15)/b6-5+/t7-,8-,10+/m1/s1. The first-order valence-electron chi connectivity index (χ1n) is 4.90. The Morgan fingerprint density at radius 2 is 1.67 bits per heavy atom. The predicted molar refractivity (Wildman–Crippen MR) is 56.4 cm³/mol. The maximum atomic E-state index is 11.6. The highest BCUT2D eigenvalue weighted by Gasteiger charge is 2.30. The van der Waals surface area contributed by atoms with Crippen molar-refractivity contribution in [1.82, 2.24) is 0 Å². The van der Waals surface area contributed by atoms with E-state index in [1.807, 2.05) is 0 Å². The fourth-order valence-corrected chi connectivity index (χ4v) is 1.24. The van der Waals surface area contributed by atoms with Crippen molar-refractivity contribution in [2.45, 2.75) is 33.8 Å². The van der Waals surface area contributed by atoms with E-state index in [2.05, 4.69) is 0 Å². The number of aliphatic carboxylic acids is 1. The van der Waals surface area contributed by atoms with Crippen LogP contribution in [0.2, 0.25) is 0 Å². The summed E-state index contributed by atoms with van der Waals surface area (Å²) in [6, 6.07) is 0. The van der Waals surface area contributed by atoms with Crippen LogP contribution in [0.3, 0.4) is 0 Å². The Balaban J connectivity index is 4.65. The maximum Gasteiger partial charge on any atom is 0.308 e. The lowest BCUT2D eigenvalue weighted by Gasteiger charge is -2.21. The first-order chi connectivity index (χ1) is 6.82. The summed E-state index contributed by atoms with van der Waals surface area (Å²) in [6.07, 6.45) is 0.502. The number of rotatable bonds is 5. The molecule has 0 aromatic rings. The normalized spacial score (nSPS) is 18.1. The minimum absolute atomic E-state index is 0.210. The third-order valence-electron chi connectivity index (χ3n) is 2.65. The van der Waals surface area contributed by atoms with Crippen molar-refractivity contribution >= 4 is 11.8 Å². The lowest BCUT2D eigenvalue weighted by molar-refractivity contribution is -0.146. The van der Waals surface area contributed by atoms with Crippen LogP contribution in [-0.4, -0.2) is 28.1 Å². The number of carboxylic acid groups (broad SMARTS) is 1. The van der Waals surface area contributed by atoms with Gasteiger partial charge in [0.1, 0.15) is 0 Å². The number of allylic oxidation sites excluding steroid dienone is 2. The fraction of sp³-hybridized carbons (Fsp3) is 0.636. The first-order valence-corrected chi connectivity index (χ1v) is 4.90. The second-order valence-electron chi connectivity index (χ2n) is 3.74. The van der Waals surface area contributed by atoms with Crippen LogP contribution in [0.15, 0.2) is 11.6 Å². The van der Waals surface area contributed by atoms with Crippen molar-refractivity contribution in [3.8, 4) is 0 Å². The van der Waals surface area contributed by atoms with Gasteiger partial charge < -0.3 is 10.2 Å². The highest BCUT2D eigenvalue weighted by atomic mass is 16.4. The number of hydrogen-bond donors (Lipinski definition) is 2. The molecule has 0 spiro atoms. The van der Waals surface area contributed by atoms with Crippen LogP contribution in [0, 0.1) is 11.8 Å². The topological polar surface area (TPSA) is 74.6 Å². The van der Waals surface area contributed by atoms with Crippen LogP contribution in [-0.2, 0) is 9.59 Å². The molecule has 0 amide bonds. The van der Waals surface area contributed by atoms with Gasteiger partial charge in [-0.2, -0.15) is 0 Å². The van der Waals surface area contributed by atoms with Crippen LogP contribution < -0.4 is 0 Å². The molecule has 15 heavy (non-hydrogen) atoms. The Morgan fingerprint density at radius 3 is 2.00 bits per heavy atom. The van der Waals surface area contributed by atoms with E-state index in [1.54, 1.807) is 26.8 Å². The van der Waals surface area contributed by atoms with E-state index in [0.29, 0.717) is 5.57 Å². The number of Topliss-reactive ketones (excluding diaryl/α,β-unsaturated/α-hetero) is 1. The minimum atomic E-state index is -1.15. The number of aliphatic hydroxyl groups is 1. The molecule has 4 nitrogen and oxygen atoms in total. The number of carbonyl (C=O) groups is 2.